The van der Waals surface area contributed by atoms with E-state index in [1.165, 1.54) is 11.3 Å². The fourth-order valence-corrected chi connectivity index (χ4v) is 3.05. The lowest BCUT2D eigenvalue weighted by Crippen LogP contribution is -2.11. The maximum atomic E-state index is 11.5. The highest BCUT2D eigenvalue weighted by atomic mass is 32.1. The lowest BCUT2D eigenvalue weighted by molar-refractivity contribution is 0.0692. The van der Waals surface area contributed by atoms with E-state index in [0.717, 1.165) is 10.6 Å². The van der Waals surface area contributed by atoms with Crippen molar-refractivity contribution in [3.63, 3.8) is 0 Å². The second-order valence-corrected chi connectivity index (χ2v) is 6.68. The number of nitrogens with zero attached hydrogens (tertiary/aromatic N) is 1. The maximum absolute atomic E-state index is 11.5. The summed E-state index contributed by atoms with van der Waals surface area (Å²) in [6.45, 7) is 8.51. The third kappa shape index (κ3) is 3.24. The van der Waals surface area contributed by atoms with Crippen LogP contribution >= 0.6 is 11.3 Å². The van der Waals surface area contributed by atoms with E-state index in [4.69, 9.17) is 4.74 Å². The first kappa shape index (κ1) is 15.5. The van der Waals surface area contributed by atoms with E-state index in [-0.39, 0.29) is 11.1 Å². The minimum absolute atomic E-state index is 0.0945. The molecule has 1 heterocycles. The van der Waals surface area contributed by atoms with Crippen LogP contribution in [-0.4, -0.2) is 22.7 Å². The Labute approximate surface area is 128 Å². The molecule has 5 heteroatoms. The Hall–Kier alpha value is -1.88. The normalized spacial score (nSPS) is 11.4. The van der Waals surface area contributed by atoms with Gasteiger partial charge in [0.15, 0.2) is 5.69 Å². The van der Waals surface area contributed by atoms with Crippen LogP contribution in [0, 0.1) is 0 Å². The summed E-state index contributed by atoms with van der Waals surface area (Å²) in [5.41, 5.74) is 0.690. The van der Waals surface area contributed by atoms with Crippen LogP contribution in [0.15, 0.2) is 24.3 Å². The second-order valence-electron chi connectivity index (χ2n) is 5.68. The number of para-hydroxylation sites is 1. The Balaban J connectivity index is 2.63. The molecule has 21 heavy (non-hydrogen) atoms. The highest BCUT2D eigenvalue weighted by molar-refractivity contribution is 7.15. The van der Waals surface area contributed by atoms with E-state index in [9.17, 15) is 9.90 Å². The first-order valence-corrected chi connectivity index (χ1v) is 7.63. The smallest absolute Gasteiger partial charge is 0.356 e. The van der Waals surface area contributed by atoms with Gasteiger partial charge in [-0.25, -0.2) is 9.78 Å². The van der Waals surface area contributed by atoms with Gasteiger partial charge < -0.3 is 9.84 Å². The third-order valence-electron chi connectivity index (χ3n) is 2.90. The molecule has 2 rings (SSSR count). The Bertz CT molecular complexity index is 656. The van der Waals surface area contributed by atoms with Crippen molar-refractivity contribution >= 4 is 17.3 Å². The summed E-state index contributed by atoms with van der Waals surface area (Å²) < 4.78 is 5.61. The Morgan fingerprint density at radius 3 is 2.57 bits per heavy atom. The molecule has 0 spiro atoms. The van der Waals surface area contributed by atoms with Crippen LogP contribution < -0.4 is 4.74 Å². The molecular formula is C16H19NO3S. The molecule has 112 valence electrons. The van der Waals surface area contributed by atoms with Gasteiger partial charge in [0.25, 0.3) is 0 Å². The molecule has 0 fully saturated rings. The van der Waals surface area contributed by atoms with Crippen LogP contribution in [0.3, 0.4) is 0 Å². The molecule has 2 aromatic rings. The molecule has 0 saturated carbocycles. The zero-order valence-electron chi connectivity index (χ0n) is 12.6. The molecule has 0 atom stereocenters. The molecular weight excluding hydrogens is 286 g/mol. The van der Waals surface area contributed by atoms with Crippen molar-refractivity contribution in [3.8, 4) is 16.2 Å². The van der Waals surface area contributed by atoms with E-state index in [1.807, 2.05) is 52.0 Å². The maximum Gasteiger partial charge on any atom is 0.356 e. The molecule has 0 aliphatic heterocycles. The monoisotopic (exact) mass is 305 g/mol. The fraction of sp³-hybridized carbons (Fsp3) is 0.375. The van der Waals surface area contributed by atoms with Crippen LogP contribution in [0.2, 0.25) is 0 Å². The number of carbonyl (C=O) groups is 1. The molecule has 1 N–H and O–H groups in total. The van der Waals surface area contributed by atoms with Crippen molar-refractivity contribution in [1.29, 1.82) is 0 Å². The third-order valence-corrected chi connectivity index (χ3v) is 4.42. The summed E-state index contributed by atoms with van der Waals surface area (Å²) in [5.74, 6) is -0.324. The van der Waals surface area contributed by atoms with E-state index in [2.05, 4.69) is 4.98 Å². The quantitative estimate of drug-likeness (QED) is 0.919. The van der Waals surface area contributed by atoms with Gasteiger partial charge in [-0.15, -0.1) is 11.3 Å². The van der Waals surface area contributed by atoms with Crippen molar-refractivity contribution < 1.29 is 14.6 Å². The number of ether oxygens (including phenoxy) is 1. The van der Waals surface area contributed by atoms with Crippen molar-refractivity contribution in [3.05, 3.63) is 35.0 Å². The number of thiazole rings is 1. The highest BCUT2D eigenvalue weighted by Gasteiger charge is 2.26. The molecule has 1 aromatic heterocycles. The molecule has 1 aromatic carbocycles. The van der Waals surface area contributed by atoms with Crippen molar-refractivity contribution in [2.45, 2.75) is 33.1 Å². The van der Waals surface area contributed by atoms with Crippen LogP contribution in [0.5, 0.6) is 5.75 Å². The predicted molar refractivity (Wildman–Crippen MR) is 84.4 cm³/mol. The lowest BCUT2D eigenvalue weighted by Gasteiger charge is -2.13. The van der Waals surface area contributed by atoms with Crippen molar-refractivity contribution in [2.24, 2.45) is 0 Å². The van der Waals surface area contributed by atoms with Crippen LogP contribution in [-0.2, 0) is 5.41 Å². The first-order valence-electron chi connectivity index (χ1n) is 6.81. The van der Waals surface area contributed by atoms with Gasteiger partial charge in [-0.2, -0.15) is 0 Å². The van der Waals surface area contributed by atoms with Gasteiger partial charge in [-0.05, 0) is 19.1 Å². The zero-order valence-corrected chi connectivity index (χ0v) is 13.5. The highest BCUT2D eigenvalue weighted by Crippen LogP contribution is 2.39. The molecule has 0 amide bonds. The average Bonchev–Trinajstić information content (AvgIpc) is 2.84. The van der Waals surface area contributed by atoms with Gasteiger partial charge in [0.1, 0.15) is 5.75 Å². The predicted octanol–water partition coefficient (Wildman–Crippen LogP) is 4.20. The number of aromatic carboxylic acids is 1. The molecule has 0 unspecified atom stereocenters. The summed E-state index contributed by atoms with van der Waals surface area (Å²) in [7, 11) is 0. The minimum Gasteiger partial charge on any atom is -0.493 e. The molecule has 4 nitrogen and oxygen atoms in total. The van der Waals surface area contributed by atoms with Crippen LogP contribution in [0.25, 0.3) is 10.4 Å². The van der Waals surface area contributed by atoms with Crippen molar-refractivity contribution in [2.75, 3.05) is 6.61 Å². The van der Waals surface area contributed by atoms with E-state index >= 15 is 0 Å². The molecule has 0 aliphatic carbocycles. The van der Waals surface area contributed by atoms with Gasteiger partial charge in [-0.1, -0.05) is 32.9 Å². The van der Waals surface area contributed by atoms with E-state index in [1.54, 1.807) is 0 Å². The van der Waals surface area contributed by atoms with Crippen LogP contribution in [0.4, 0.5) is 0 Å². The summed E-state index contributed by atoms with van der Waals surface area (Å²) in [4.78, 5) is 16.5. The number of hydrogen-bond acceptors (Lipinski definition) is 4. The molecule has 0 saturated heterocycles. The zero-order chi connectivity index (χ0) is 15.6. The number of benzene rings is 1. The topological polar surface area (TPSA) is 59.4 Å². The number of aromatic nitrogens is 1. The standard InChI is InChI=1S/C16H19NO3S/c1-5-20-11-9-7-6-8-10(11)13-12(14(18)19)17-15(21-13)16(2,3)4/h6-9H,5H2,1-4H3,(H,18,19). The SMILES string of the molecule is CCOc1ccccc1-c1sc(C(C)(C)C)nc1C(=O)O. The van der Waals surface area contributed by atoms with Gasteiger partial charge in [0.2, 0.25) is 0 Å². The fourth-order valence-electron chi connectivity index (χ4n) is 1.90. The number of hydrogen-bond donors (Lipinski definition) is 1. The minimum atomic E-state index is -1.01. The number of carboxylic acid groups (broad SMARTS) is 1. The molecule has 0 aliphatic rings. The summed E-state index contributed by atoms with van der Waals surface area (Å²) in [6, 6.07) is 7.47. The van der Waals surface area contributed by atoms with Gasteiger partial charge in [0, 0.05) is 11.0 Å². The Morgan fingerprint density at radius 2 is 2.00 bits per heavy atom. The number of rotatable bonds is 4. The average molecular weight is 305 g/mol. The molecule has 0 radical (unpaired) electrons. The van der Waals surface area contributed by atoms with E-state index in [0.29, 0.717) is 17.2 Å². The summed E-state index contributed by atoms with van der Waals surface area (Å²) in [6.07, 6.45) is 0. The van der Waals surface area contributed by atoms with Crippen molar-refractivity contribution in [1.82, 2.24) is 4.98 Å². The van der Waals surface area contributed by atoms with E-state index < -0.39 is 5.97 Å². The van der Waals surface area contributed by atoms with Gasteiger partial charge >= 0.3 is 5.97 Å². The number of carboxylic acids is 1. The first-order chi connectivity index (χ1) is 9.84. The summed E-state index contributed by atoms with van der Waals surface area (Å²) in [5, 5.41) is 10.2. The van der Waals surface area contributed by atoms with Gasteiger partial charge in [-0.3, -0.25) is 0 Å². The largest absolute Gasteiger partial charge is 0.493 e. The van der Waals surface area contributed by atoms with Gasteiger partial charge in [0.05, 0.1) is 16.5 Å². The second kappa shape index (κ2) is 5.85. The Morgan fingerprint density at radius 1 is 1.33 bits per heavy atom. The van der Waals surface area contributed by atoms with Crippen LogP contribution in [0.1, 0.15) is 43.2 Å². The molecule has 0 bridgehead atoms. The Kier molecular flexibility index (Phi) is 4.32. The summed E-state index contributed by atoms with van der Waals surface area (Å²) >= 11 is 1.42. The lowest BCUT2D eigenvalue weighted by atomic mass is 9.98.